The number of benzene rings is 2. The zero-order valence-corrected chi connectivity index (χ0v) is 12.7. The van der Waals surface area contributed by atoms with Crippen LogP contribution >= 0.6 is 0 Å². The van der Waals surface area contributed by atoms with Gasteiger partial charge >= 0.3 is 0 Å². The molecule has 0 fully saturated rings. The number of nitrogens with zero attached hydrogens (tertiary/aromatic N) is 2. The summed E-state index contributed by atoms with van der Waals surface area (Å²) in [5.41, 5.74) is 3.09. The third kappa shape index (κ3) is 3.58. The largest absolute Gasteiger partial charge is 0.489 e. The Labute approximate surface area is 134 Å². The van der Waals surface area contributed by atoms with Crippen molar-refractivity contribution in [2.24, 2.45) is 5.16 Å². The van der Waals surface area contributed by atoms with E-state index in [2.05, 4.69) is 10.3 Å². The first-order valence-corrected chi connectivity index (χ1v) is 7.16. The van der Waals surface area contributed by atoms with Crippen LogP contribution in [-0.2, 0) is 11.4 Å². The molecule has 1 aromatic heterocycles. The van der Waals surface area contributed by atoms with Crippen molar-refractivity contribution < 1.29 is 14.1 Å². The Balaban J connectivity index is 1.89. The lowest BCUT2D eigenvalue weighted by Gasteiger charge is -2.11. The minimum Gasteiger partial charge on any atom is -0.489 e. The van der Waals surface area contributed by atoms with Gasteiger partial charge in [0.25, 0.3) is 0 Å². The number of rotatable bonds is 6. The van der Waals surface area contributed by atoms with E-state index < -0.39 is 0 Å². The number of hydrogen-bond donors (Lipinski definition) is 0. The van der Waals surface area contributed by atoms with Gasteiger partial charge in [-0.3, -0.25) is 0 Å². The Kier molecular flexibility index (Phi) is 4.69. The quantitative estimate of drug-likeness (QED) is 0.515. The maximum absolute atomic E-state index is 5.84. The van der Waals surface area contributed by atoms with Crippen molar-refractivity contribution >= 4 is 5.71 Å². The average molecular weight is 308 g/mol. The minimum atomic E-state index is 0.417. The second kappa shape index (κ2) is 7.26. The molecule has 0 aliphatic carbocycles. The predicted octanol–water partition coefficient (Wildman–Crippen LogP) is 3.65. The monoisotopic (exact) mass is 308 g/mol. The summed E-state index contributed by atoms with van der Waals surface area (Å²) < 4.78 is 10.8. The third-order valence-corrected chi connectivity index (χ3v) is 3.27. The molecule has 3 rings (SSSR count). The molecule has 5 nitrogen and oxygen atoms in total. The number of para-hydroxylation sites is 1. The maximum Gasteiger partial charge on any atom is 0.139 e. The van der Waals surface area contributed by atoms with E-state index in [1.807, 2.05) is 54.6 Å². The van der Waals surface area contributed by atoms with Crippen LogP contribution in [0.25, 0.3) is 0 Å². The van der Waals surface area contributed by atoms with E-state index in [-0.39, 0.29) is 0 Å². The molecule has 5 heteroatoms. The van der Waals surface area contributed by atoms with E-state index in [9.17, 15) is 0 Å². The fraction of sp³-hybridized carbons (Fsp3) is 0.111. The van der Waals surface area contributed by atoms with Gasteiger partial charge in [0, 0.05) is 11.6 Å². The van der Waals surface area contributed by atoms with Crippen LogP contribution in [0.5, 0.6) is 5.75 Å². The molecule has 0 spiro atoms. The Bertz CT molecular complexity index is 768. The number of oxime groups is 1. The van der Waals surface area contributed by atoms with Crippen LogP contribution in [0.1, 0.15) is 16.8 Å². The van der Waals surface area contributed by atoms with Crippen molar-refractivity contribution in [3.05, 3.63) is 83.7 Å². The zero-order valence-electron chi connectivity index (χ0n) is 12.7. The SMILES string of the molecule is CO/N=C(\c1ccon1)c1ccccc1COc1ccccc1. The van der Waals surface area contributed by atoms with E-state index in [0.29, 0.717) is 18.0 Å². The highest BCUT2D eigenvalue weighted by molar-refractivity contribution is 6.12. The normalized spacial score (nSPS) is 11.3. The van der Waals surface area contributed by atoms with Gasteiger partial charge in [0.15, 0.2) is 0 Å². The van der Waals surface area contributed by atoms with Crippen molar-refractivity contribution in [2.75, 3.05) is 7.11 Å². The van der Waals surface area contributed by atoms with Gasteiger partial charge in [0.1, 0.15) is 37.1 Å². The molecular weight excluding hydrogens is 292 g/mol. The van der Waals surface area contributed by atoms with Gasteiger partial charge in [-0.05, 0) is 17.7 Å². The van der Waals surface area contributed by atoms with E-state index in [1.54, 1.807) is 6.07 Å². The summed E-state index contributed by atoms with van der Waals surface area (Å²) >= 11 is 0. The lowest BCUT2D eigenvalue weighted by Crippen LogP contribution is -2.10. The minimum absolute atomic E-state index is 0.417. The Morgan fingerprint density at radius 3 is 2.57 bits per heavy atom. The molecule has 0 saturated carbocycles. The highest BCUT2D eigenvalue weighted by atomic mass is 16.6. The molecule has 0 aliphatic heterocycles. The Morgan fingerprint density at radius 1 is 1.04 bits per heavy atom. The van der Waals surface area contributed by atoms with Gasteiger partial charge in [-0.25, -0.2) is 0 Å². The third-order valence-electron chi connectivity index (χ3n) is 3.27. The summed E-state index contributed by atoms with van der Waals surface area (Å²) in [6, 6.07) is 19.3. The summed E-state index contributed by atoms with van der Waals surface area (Å²) in [5.74, 6) is 0.814. The molecule has 116 valence electrons. The fourth-order valence-electron chi connectivity index (χ4n) is 2.21. The summed E-state index contributed by atoms with van der Waals surface area (Å²) in [4.78, 5) is 4.97. The maximum atomic E-state index is 5.84. The molecule has 0 atom stereocenters. The van der Waals surface area contributed by atoms with Crippen molar-refractivity contribution in [3.63, 3.8) is 0 Å². The summed E-state index contributed by atoms with van der Waals surface area (Å²) in [6.07, 6.45) is 1.50. The van der Waals surface area contributed by atoms with Crippen molar-refractivity contribution in [1.29, 1.82) is 0 Å². The lowest BCUT2D eigenvalue weighted by molar-refractivity contribution is 0.213. The Morgan fingerprint density at radius 2 is 1.83 bits per heavy atom. The van der Waals surface area contributed by atoms with Gasteiger partial charge in [0.05, 0.1) is 0 Å². The molecular formula is C18H16N2O3. The average Bonchev–Trinajstić information content (AvgIpc) is 3.13. The molecule has 0 radical (unpaired) electrons. The number of hydrogen-bond acceptors (Lipinski definition) is 5. The molecule has 2 aromatic carbocycles. The van der Waals surface area contributed by atoms with Crippen LogP contribution < -0.4 is 4.74 Å². The summed E-state index contributed by atoms with van der Waals surface area (Å²) in [7, 11) is 1.50. The highest BCUT2D eigenvalue weighted by Gasteiger charge is 2.15. The van der Waals surface area contributed by atoms with Crippen LogP contribution in [0.15, 0.2) is 76.6 Å². The molecule has 0 amide bonds. The van der Waals surface area contributed by atoms with E-state index in [4.69, 9.17) is 14.1 Å². The van der Waals surface area contributed by atoms with Crippen molar-refractivity contribution in [3.8, 4) is 5.75 Å². The van der Waals surface area contributed by atoms with Gasteiger partial charge in [0.2, 0.25) is 0 Å². The van der Waals surface area contributed by atoms with Gasteiger partial charge in [-0.15, -0.1) is 0 Å². The fourth-order valence-corrected chi connectivity index (χ4v) is 2.21. The lowest BCUT2D eigenvalue weighted by atomic mass is 10.0. The summed E-state index contributed by atoms with van der Waals surface area (Å²) in [5, 5.41) is 8.04. The zero-order chi connectivity index (χ0) is 15.9. The molecule has 0 bridgehead atoms. The van der Waals surface area contributed by atoms with Crippen LogP contribution in [0.3, 0.4) is 0 Å². The van der Waals surface area contributed by atoms with E-state index in [0.717, 1.165) is 16.9 Å². The van der Waals surface area contributed by atoms with E-state index >= 15 is 0 Å². The first-order chi connectivity index (χ1) is 11.4. The molecule has 0 saturated heterocycles. The Hall–Kier alpha value is -3.08. The van der Waals surface area contributed by atoms with Crippen LogP contribution in [-0.4, -0.2) is 18.0 Å². The first-order valence-electron chi connectivity index (χ1n) is 7.16. The molecule has 23 heavy (non-hydrogen) atoms. The smallest absolute Gasteiger partial charge is 0.139 e. The number of aromatic nitrogens is 1. The van der Waals surface area contributed by atoms with Gasteiger partial charge in [-0.2, -0.15) is 0 Å². The number of ether oxygens (including phenoxy) is 1. The predicted molar refractivity (Wildman–Crippen MR) is 86.4 cm³/mol. The van der Waals surface area contributed by atoms with Crippen LogP contribution in [0.4, 0.5) is 0 Å². The molecule has 3 aromatic rings. The van der Waals surface area contributed by atoms with Crippen LogP contribution in [0.2, 0.25) is 0 Å². The molecule has 0 unspecified atom stereocenters. The molecule has 1 heterocycles. The topological polar surface area (TPSA) is 56.9 Å². The molecule has 0 N–H and O–H groups in total. The van der Waals surface area contributed by atoms with Gasteiger partial charge < -0.3 is 14.1 Å². The van der Waals surface area contributed by atoms with E-state index in [1.165, 1.54) is 13.4 Å². The van der Waals surface area contributed by atoms with Gasteiger partial charge in [-0.1, -0.05) is 52.8 Å². The summed E-state index contributed by atoms with van der Waals surface area (Å²) in [6.45, 7) is 0.417. The second-order valence-electron chi connectivity index (χ2n) is 4.77. The van der Waals surface area contributed by atoms with Crippen LogP contribution in [0, 0.1) is 0 Å². The standard InChI is InChI=1S/C18H16N2O3/c1-21-20-18(17-11-12-23-19-17)16-10-6-5-7-14(16)13-22-15-8-3-2-4-9-15/h2-12H,13H2,1H3/b20-18-. The van der Waals surface area contributed by atoms with Crippen molar-refractivity contribution in [1.82, 2.24) is 5.16 Å². The highest BCUT2D eigenvalue weighted by Crippen LogP contribution is 2.18. The van der Waals surface area contributed by atoms with Crippen molar-refractivity contribution in [2.45, 2.75) is 6.61 Å². The second-order valence-corrected chi connectivity index (χ2v) is 4.77. The molecule has 0 aliphatic rings. The first kappa shape index (κ1) is 14.8.